The standard InChI is InChI=1S/C19H28N2O4.ClH/c1-3-21(18(22)19(14-23-2)8-10-20-11-9-19)12-15-13-24-16-6-4-5-7-17(16)25-15;/h4-7,15,20H,3,8-14H2,1-2H3;1H. The van der Waals surface area contributed by atoms with E-state index >= 15 is 0 Å². The number of ether oxygens (including phenoxy) is 3. The van der Waals surface area contributed by atoms with Gasteiger partial charge in [0.1, 0.15) is 6.61 Å². The van der Waals surface area contributed by atoms with Crippen LogP contribution in [0.25, 0.3) is 0 Å². The number of halogens is 1. The number of carbonyl (C=O) groups excluding carboxylic acids is 1. The van der Waals surface area contributed by atoms with E-state index in [2.05, 4.69) is 5.32 Å². The minimum Gasteiger partial charge on any atom is -0.486 e. The summed E-state index contributed by atoms with van der Waals surface area (Å²) in [4.78, 5) is 15.2. The number of para-hydroxylation sites is 2. The molecule has 1 aromatic rings. The van der Waals surface area contributed by atoms with Crippen LogP contribution in [0.1, 0.15) is 19.8 Å². The smallest absolute Gasteiger partial charge is 0.231 e. The van der Waals surface area contributed by atoms with Gasteiger partial charge >= 0.3 is 0 Å². The Morgan fingerprint density at radius 1 is 1.31 bits per heavy atom. The van der Waals surface area contributed by atoms with E-state index in [9.17, 15) is 4.79 Å². The summed E-state index contributed by atoms with van der Waals surface area (Å²) in [5, 5.41) is 3.33. The lowest BCUT2D eigenvalue weighted by atomic mass is 9.78. The molecule has 0 aliphatic carbocycles. The molecule has 2 aliphatic heterocycles. The number of nitrogens with one attached hydrogen (secondary N) is 1. The van der Waals surface area contributed by atoms with E-state index in [1.807, 2.05) is 36.1 Å². The molecule has 1 aromatic carbocycles. The Hall–Kier alpha value is -1.50. The molecule has 1 atom stereocenters. The van der Waals surface area contributed by atoms with Crippen molar-refractivity contribution in [2.75, 3.05) is 46.5 Å². The van der Waals surface area contributed by atoms with Crippen LogP contribution < -0.4 is 14.8 Å². The first kappa shape index (κ1) is 20.8. The summed E-state index contributed by atoms with van der Waals surface area (Å²) in [6, 6.07) is 7.65. The molecule has 1 unspecified atom stereocenters. The Labute approximate surface area is 161 Å². The molecule has 146 valence electrons. The van der Waals surface area contributed by atoms with Crippen molar-refractivity contribution in [3.05, 3.63) is 24.3 Å². The van der Waals surface area contributed by atoms with Gasteiger partial charge in [-0.1, -0.05) is 12.1 Å². The predicted octanol–water partition coefficient (Wildman–Crippen LogP) is 2.11. The molecule has 2 heterocycles. The zero-order valence-electron chi connectivity index (χ0n) is 15.5. The Bertz CT molecular complexity index is 587. The second-order valence-electron chi connectivity index (χ2n) is 6.80. The molecule has 0 spiro atoms. The summed E-state index contributed by atoms with van der Waals surface area (Å²) in [6.45, 7) is 5.82. The van der Waals surface area contributed by atoms with E-state index in [1.54, 1.807) is 7.11 Å². The van der Waals surface area contributed by atoms with Gasteiger partial charge in [-0.15, -0.1) is 12.4 Å². The average molecular weight is 385 g/mol. The first-order valence-corrected chi connectivity index (χ1v) is 9.06. The maximum absolute atomic E-state index is 13.3. The normalized spacial score (nSPS) is 20.8. The molecule has 2 aliphatic rings. The van der Waals surface area contributed by atoms with Crippen LogP contribution in [0.5, 0.6) is 11.5 Å². The number of hydrogen-bond acceptors (Lipinski definition) is 5. The van der Waals surface area contributed by atoms with E-state index in [4.69, 9.17) is 14.2 Å². The van der Waals surface area contributed by atoms with Crippen molar-refractivity contribution in [3.8, 4) is 11.5 Å². The van der Waals surface area contributed by atoms with Crippen molar-refractivity contribution in [1.82, 2.24) is 10.2 Å². The first-order chi connectivity index (χ1) is 12.2. The number of piperidine rings is 1. The van der Waals surface area contributed by atoms with Gasteiger partial charge in [0.25, 0.3) is 0 Å². The Kier molecular flexibility index (Phi) is 7.55. The summed E-state index contributed by atoms with van der Waals surface area (Å²) in [7, 11) is 1.67. The number of rotatable bonds is 6. The molecular weight excluding hydrogens is 356 g/mol. The van der Waals surface area contributed by atoms with Gasteiger partial charge < -0.3 is 24.4 Å². The third-order valence-electron chi connectivity index (χ3n) is 5.10. The molecule has 0 radical (unpaired) electrons. The number of benzene rings is 1. The van der Waals surface area contributed by atoms with Gasteiger partial charge in [-0.2, -0.15) is 0 Å². The summed E-state index contributed by atoms with van der Waals surface area (Å²) >= 11 is 0. The van der Waals surface area contributed by atoms with Crippen molar-refractivity contribution in [2.45, 2.75) is 25.9 Å². The van der Waals surface area contributed by atoms with Gasteiger partial charge in [0, 0.05) is 13.7 Å². The summed E-state index contributed by atoms with van der Waals surface area (Å²) in [5.74, 6) is 1.68. The molecule has 1 amide bonds. The minimum atomic E-state index is -0.427. The largest absolute Gasteiger partial charge is 0.486 e. The van der Waals surface area contributed by atoms with Crippen molar-refractivity contribution in [3.63, 3.8) is 0 Å². The zero-order chi connectivity index (χ0) is 17.7. The van der Waals surface area contributed by atoms with Gasteiger partial charge in [-0.05, 0) is 45.0 Å². The molecule has 0 bridgehead atoms. The van der Waals surface area contributed by atoms with E-state index in [0.717, 1.165) is 37.4 Å². The molecule has 26 heavy (non-hydrogen) atoms. The molecule has 0 saturated carbocycles. The first-order valence-electron chi connectivity index (χ1n) is 9.06. The van der Waals surface area contributed by atoms with Crippen LogP contribution in [0.3, 0.4) is 0 Å². The molecule has 1 N–H and O–H groups in total. The van der Waals surface area contributed by atoms with Crippen molar-refractivity contribution in [1.29, 1.82) is 0 Å². The number of nitrogens with zero attached hydrogens (tertiary/aromatic N) is 1. The average Bonchev–Trinajstić information content (AvgIpc) is 2.66. The molecular formula is C19H29ClN2O4. The van der Waals surface area contributed by atoms with Gasteiger partial charge in [0.2, 0.25) is 5.91 Å². The Balaban J connectivity index is 0.00000243. The fourth-order valence-electron chi connectivity index (χ4n) is 3.69. The van der Waals surface area contributed by atoms with Gasteiger partial charge in [-0.3, -0.25) is 4.79 Å². The number of amides is 1. The van der Waals surface area contributed by atoms with E-state index < -0.39 is 5.41 Å². The summed E-state index contributed by atoms with van der Waals surface area (Å²) in [6.07, 6.45) is 1.46. The van der Waals surface area contributed by atoms with Gasteiger partial charge in [0.15, 0.2) is 17.6 Å². The topological polar surface area (TPSA) is 60.0 Å². The number of fused-ring (bicyclic) bond motifs is 1. The number of carbonyl (C=O) groups is 1. The molecule has 1 fully saturated rings. The van der Waals surface area contributed by atoms with Gasteiger partial charge in [0.05, 0.1) is 18.6 Å². The van der Waals surface area contributed by atoms with Crippen molar-refractivity contribution < 1.29 is 19.0 Å². The lowest BCUT2D eigenvalue weighted by molar-refractivity contribution is -0.149. The highest BCUT2D eigenvalue weighted by atomic mass is 35.5. The fourth-order valence-corrected chi connectivity index (χ4v) is 3.69. The van der Waals surface area contributed by atoms with Crippen molar-refractivity contribution >= 4 is 18.3 Å². The minimum absolute atomic E-state index is 0. The maximum Gasteiger partial charge on any atom is 0.231 e. The number of methoxy groups -OCH3 is 1. The lowest BCUT2D eigenvalue weighted by Crippen LogP contribution is -2.54. The second kappa shape index (κ2) is 9.44. The second-order valence-corrected chi connectivity index (χ2v) is 6.80. The summed E-state index contributed by atoms with van der Waals surface area (Å²) in [5.41, 5.74) is -0.427. The van der Waals surface area contributed by atoms with Crippen LogP contribution in [0.2, 0.25) is 0 Å². The lowest BCUT2D eigenvalue weighted by Gasteiger charge is -2.40. The fraction of sp³-hybridized carbons (Fsp3) is 0.632. The monoisotopic (exact) mass is 384 g/mol. The van der Waals surface area contributed by atoms with Gasteiger partial charge in [-0.25, -0.2) is 0 Å². The van der Waals surface area contributed by atoms with Crippen LogP contribution in [0.15, 0.2) is 24.3 Å². The van der Waals surface area contributed by atoms with Crippen LogP contribution in [-0.2, 0) is 9.53 Å². The Morgan fingerprint density at radius 2 is 2.00 bits per heavy atom. The van der Waals surface area contributed by atoms with Crippen LogP contribution >= 0.6 is 12.4 Å². The Morgan fingerprint density at radius 3 is 2.65 bits per heavy atom. The van der Waals surface area contributed by atoms with Crippen LogP contribution in [-0.4, -0.2) is 63.4 Å². The van der Waals surface area contributed by atoms with Crippen molar-refractivity contribution in [2.24, 2.45) is 5.41 Å². The SMILES string of the molecule is CCN(CC1COc2ccccc2O1)C(=O)C1(COC)CCNCC1.Cl. The quantitative estimate of drug-likeness (QED) is 0.814. The zero-order valence-corrected chi connectivity index (χ0v) is 16.3. The maximum atomic E-state index is 13.3. The van der Waals surface area contributed by atoms with Crippen LogP contribution in [0.4, 0.5) is 0 Å². The number of likely N-dealkylation sites (N-methyl/N-ethyl adjacent to an activating group) is 1. The molecule has 6 nitrogen and oxygen atoms in total. The predicted molar refractivity (Wildman–Crippen MR) is 102 cm³/mol. The highest BCUT2D eigenvalue weighted by Crippen LogP contribution is 2.33. The highest BCUT2D eigenvalue weighted by Gasteiger charge is 2.42. The van der Waals surface area contributed by atoms with E-state index in [1.165, 1.54) is 0 Å². The molecule has 1 saturated heterocycles. The van der Waals surface area contributed by atoms with Crippen LogP contribution in [0, 0.1) is 5.41 Å². The highest BCUT2D eigenvalue weighted by molar-refractivity contribution is 5.85. The molecule has 7 heteroatoms. The number of hydrogen-bond donors (Lipinski definition) is 1. The third-order valence-corrected chi connectivity index (χ3v) is 5.10. The van der Waals surface area contributed by atoms with E-state index in [0.29, 0.717) is 26.3 Å². The molecule has 0 aromatic heterocycles. The van der Waals surface area contributed by atoms with E-state index in [-0.39, 0.29) is 24.4 Å². The third kappa shape index (κ3) is 4.42. The molecule has 3 rings (SSSR count). The summed E-state index contributed by atoms with van der Waals surface area (Å²) < 4.78 is 17.2.